The fourth-order valence-electron chi connectivity index (χ4n) is 2.78. The number of carbonyl (C=O) groups excluding carboxylic acids is 1. The van der Waals surface area contributed by atoms with Crippen LogP contribution in [0.5, 0.6) is 5.75 Å². The van der Waals surface area contributed by atoms with Crippen molar-refractivity contribution in [3.8, 4) is 5.75 Å². The number of rotatable bonds is 6. The minimum absolute atomic E-state index is 0.125. The SMILES string of the molecule is COc1cccc(C(CNC(=O)C(C)(C)N)N2CCCC2)c1. The molecule has 0 saturated carbocycles. The van der Waals surface area contributed by atoms with Crippen molar-refractivity contribution in [2.75, 3.05) is 26.7 Å². The maximum atomic E-state index is 12.1. The average Bonchev–Trinajstić information content (AvgIpc) is 3.00. The fourth-order valence-corrected chi connectivity index (χ4v) is 2.78. The van der Waals surface area contributed by atoms with E-state index in [-0.39, 0.29) is 11.9 Å². The lowest BCUT2D eigenvalue weighted by Crippen LogP contribution is -2.50. The lowest BCUT2D eigenvalue weighted by atomic mass is 10.0. The second kappa shape index (κ2) is 7.11. The fraction of sp³-hybridized carbons (Fsp3) is 0.588. The Morgan fingerprint density at radius 2 is 2.09 bits per heavy atom. The van der Waals surface area contributed by atoms with Crippen LogP contribution in [0, 0.1) is 0 Å². The van der Waals surface area contributed by atoms with Gasteiger partial charge in [-0.3, -0.25) is 9.69 Å². The topological polar surface area (TPSA) is 67.6 Å². The predicted molar refractivity (Wildman–Crippen MR) is 87.8 cm³/mol. The second-order valence-corrected chi connectivity index (χ2v) is 6.47. The zero-order valence-electron chi connectivity index (χ0n) is 13.8. The molecule has 1 aliphatic heterocycles. The Kier molecular flexibility index (Phi) is 5.42. The molecule has 122 valence electrons. The third-order valence-corrected chi connectivity index (χ3v) is 4.10. The van der Waals surface area contributed by atoms with E-state index in [0.29, 0.717) is 6.54 Å². The summed E-state index contributed by atoms with van der Waals surface area (Å²) in [5, 5.41) is 2.99. The molecule has 3 N–H and O–H groups in total. The summed E-state index contributed by atoms with van der Waals surface area (Å²) in [7, 11) is 1.67. The van der Waals surface area contributed by atoms with Crippen LogP contribution in [0.25, 0.3) is 0 Å². The molecule has 2 rings (SSSR count). The highest BCUT2D eigenvalue weighted by molar-refractivity contribution is 5.85. The molecule has 1 aromatic carbocycles. The second-order valence-electron chi connectivity index (χ2n) is 6.47. The first-order valence-electron chi connectivity index (χ1n) is 7.87. The Labute approximate surface area is 132 Å². The number of hydrogen-bond acceptors (Lipinski definition) is 4. The van der Waals surface area contributed by atoms with Crippen LogP contribution >= 0.6 is 0 Å². The summed E-state index contributed by atoms with van der Waals surface area (Å²) in [6.07, 6.45) is 2.41. The van der Waals surface area contributed by atoms with Crippen molar-refractivity contribution < 1.29 is 9.53 Å². The zero-order valence-corrected chi connectivity index (χ0v) is 13.8. The van der Waals surface area contributed by atoms with Crippen LogP contribution < -0.4 is 15.8 Å². The Morgan fingerprint density at radius 3 is 2.68 bits per heavy atom. The highest BCUT2D eigenvalue weighted by atomic mass is 16.5. The number of nitrogens with one attached hydrogen (secondary N) is 1. The van der Waals surface area contributed by atoms with Gasteiger partial charge in [0.2, 0.25) is 5.91 Å². The molecule has 1 saturated heterocycles. The predicted octanol–water partition coefficient (Wildman–Crippen LogP) is 1.69. The molecule has 1 aromatic rings. The van der Waals surface area contributed by atoms with Gasteiger partial charge in [-0.05, 0) is 57.5 Å². The van der Waals surface area contributed by atoms with Gasteiger partial charge in [-0.15, -0.1) is 0 Å². The van der Waals surface area contributed by atoms with Gasteiger partial charge in [0.1, 0.15) is 5.75 Å². The van der Waals surface area contributed by atoms with Gasteiger partial charge in [0.05, 0.1) is 18.7 Å². The number of nitrogens with two attached hydrogens (primary N) is 1. The van der Waals surface area contributed by atoms with E-state index in [1.807, 2.05) is 18.2 Å². The molecule has 1 fully saturated rings. The van der Waals surface area contributed by atoms with Crippen LogP contribution in [0.4, 0.5) is 0 Å². The van der Waals surface area contributed by atoms with E-state index in [1.54, 1.807) is 21.0 Å². The molecule has 5 heteroatoms. The van der Waals surface area contributed by atoms with Gasteiger partial charge in [-0.2, -0.15) is 0 Å². The number of amides is 1. The molecular weight excluding hydrogens is 278 g/mol. The van der Waals surface area contributed by atoms with Gasteiger partial charge in [-0.25, -0.2) is 0 Å². The van der Waals surface area contributed by atoms with E-state index >= 15 is 0 Å². The zero-order chi connectivity index (χ0) is 16.2. The van der Waals surface area contributed by atoms with Gasteiger partial charge >= 0.3 is 0 Å². The normalized spacial score (nSPS) is 17.3. The number of nitrogens with zero attached hydrogens (tertiary/aromatic N) is 1. The smallest absolute Gasteiger partial charge is 0.239 e. The summed E-state index contributed by atoms with van der Waals surface area (Å²) in [5.74, 6) is 0.715. The van der Waals surface area contributed by atoms with Crippen molar-refractivity contribution in [2.24, 2.45) is 5.73 Å². The Bertz CT molecular complexity index is 505. The van der Waals surface area contributed by atoms with Gasteiger partial charge in [0, 0.05) is 6.54 Å². The number of methoxy groups -OCH3 is 1. The monoisotopic (exact) mass is 305 g/mol. The summed E-state index contributed by atoms with van der Waals surface area (Å²) < 4.78 is 5.32. The Morgan fingerprint density at radius 1 is 1.41 bits per heavy atom. The molecule has 0 aromatic heterocycles. The number of carbonyl (C=O) groups is 1. The van der Waals surface area contributed by atoms with Crippen LogP contribution in [0.3, 0.4) is 0 Å². The molecule has 1 amide bonds. The maximum Gasteiger partial charge on any atom is 0.239 e. The molecule has 1 unspecified atom stereocenters. The van der Waals surface area contributed by atoms with E-state index in [1.165, 1.54) is 12.8 Å². The van der Waals surface area contributed by atoms with E-state index in [9.17, 15) is 4.79 Å². The van der Waals surface area contributed by atoms with Crippen molar-refractivity contribution in [1.29, 1.82) is 0 Å². The van der Waals surface area contributed by atoms with E-state index in [4.69, 9.17) is 10.5 Å². The highest BCUT2D eigenvalue weighted by Crippen LogP contribution is 2.27. The van der Waals surface area contributed by atoms with Gasteiger partial charge in [0.15, 0.2) is 0 Å². The molecule has 5 nitrogen and oxygen atoms in total. The number of likely N-dealkylation sites (tertiary alicyclic amines) is 1. The molecule has 1 heterocycles. The first kappa shape index (κ1) is 16.8. The van der Waals surface area contributed by atoms with Crippen LogP contribution in [-0.2, 0) is 4.79 Å². The van der Waals surface area contributed by atoms with Crippen molar-refractivity contribution >= 4 is 5.91 Å². The van der Waals surface area contributed by atoms with E-state index < -0.39 is 5.54 Å². The summed E-state index contributed by atoms with van der Waals surface area (Å²) in [6, 6.07) is 8.22. The highest BCUT2D eigenvalue weighted by Gasteiger charge is 2.27. The van der Waals surface area contributed by atoms with Crippen molar-refractivity contribution in [3.05, 3.63) is 29.8 Å². The van der Waals surface area contributed by atoms with Crippen molar-refractivity contribution in [3.63, 3.8) is 0 Å². The standard InChI is InChI=1S/C17H27N3O2/c1-17(2,18)16(21)19-12-15(20-9-4-5-10-20)13-7-6-8-14(11-13)22-3/h6-8,11,15H,4-5,9-10,12,18H2,1-3H3,(H,19,21). The van der Waals surface area contributed by atoms with E-state index in [0.717, 1.165) is 24.4 Å². The summed E-state index contributed by atoms with van der Waals surface area (Å²) in [6.45, 7) is 6.12. The van der Waals surface area contributed by atoms with Crippen LogP contribution in [0.15, 0.2) is 24.3 Å². The maximum absolute atomic E-state index is 12.1. The molecular formula is C17H27N3O2. The summed E-state index contributed by atoms with van der Waals surface area (Å²) in [4.78, 5) is 14.5. The number of benzene rings is 1. The molecule has 0 radical (unpaired) electrons. The largest absolute Gasteiger partial charge is 0.497 e. The quantitative estimate of drug-likeness (QED) is 0.839. The lowest BCUT2D eigenvalue weighted by Gasteiger charge is -2.29. The Hall–Kier alpha value is -1.59. The first-order chi connectivity index (χ1) is 10.4. The molecule has 0 spiro atoms. The van der Waals surface area contributed by atoms with Crippen LogP contribution in [-0.4, -0.2) is 43.1 Å². The molecule has 1 atom stereocenters. The summed E-state index contributed by atoms with van der Waals surface area (Å²) in [5.41, 5.74) is 6.16. The van der Waals surface area contributed by atoms with Gasteiger partial charge in [-0.1, -0.05) is 12.1 Å². The van der Waals surface area contributed by atoms with Crippen LogP contribution in [0.2, 0.25) is 0 Å². The van der Waals surface area contributed by atoms with Gasteiger partial charge < -0.3 is 15.8 Å². The molecule has 1 aliphatic rings. The number of ether oxygens (including phenoxy) is 1. The lowest BCUT2D eigenvalue weighted by molar-refractivity contribution is -0.125. The molecule has 0 bridgehead atoms. The summed E-state index contributed by atoms with van der Waals surface area (Å²) >= 11 is 0. The average molecular weight is 305 g/mol. The third-order valence-electron chi connectivity index (χ3n) is 4.10. The van der Waals surface area contributed by atoms with Crippen molar-refractivity contribution in [1.82, 2.24) is 10.2 Å². The minimum atomic E-state index is -0.857. The molecule has 22 heavy (non-hydrogen) atoms. The van der Waals surface area contributed by atoms with E-state index in [2.05, 4.69) is 16.3 Å². The minimum Gasteiger partial charge on any atom is -0.497 e. The van der Waals surface area contributed by atoms with Crippen molar-refractivity contribution in [2.45, 2.75) is 38.3 Å². The van der Waals surface area contributed by atoms with Gasteiger partial charge in [0.25, 0.3) is 0 Å². The number of hydrogen-bond donors (Lipinski definition) is 2. The van der Waals surface area contributed by atoms with Crippen LogP contribution in [0.1, 0.15) is 38.3 Å². The molecule has 0 aliphatic carbocycles. The third kappa shape index (κ3) is 4.21. The Balaban J connectivity index is 2.14. The first-order valence-corrected chi connectivity index (χ1v) is 7.87.